The summed E-state index contributed by atoms with van der Waals surface area (Å²) in [6.45, 7) is 5.64. The Kier molecular flexibility index (Phi) is 6.53. The number of nitrogens with zero attached hydrogens (tertiary/aromatic N) is 1. The number of methoxy groups -OCH3 is 1. The second-order valence-corrected chi connectivity index (χ2v) is 8.79. The van der Waals surface area contributed by atoms with Crippen LogP contribution in [-0.4, -0.2) is 43.7 Å². The smallest absolute Gasteiger partial charge is 0.231 e. The molecule has 2 aromatic rings. The van der Waals surface area contributed by atoms with E-state index in [1.807, 2.05) is 61.2 Å². The molecule has 7 nitrogen and oxygen atoms in total. The summed E-state index contributed by atoms with van der Waals surface area (Å²) in [6, 6.07) is 13.4. The number of amides is 2. The normalized spacial score (nSPS) is 19.3. The van der Waals surface area contributed by atoms with Crippen LogP contribution in [0.2, 0.25) is 0 Å². The van der Waals surface area contributed by atoms with Gasteiger partial charge in [-0.15, -0.1) is 0 Å². The van der Waals surface area contributed by atoms with Crippen molar-refractivity contribution in [3.05, 3.63) is 53.6 Å². The fraction of sp³-hybridized carbons (Fsp3) is 0.440. The Bertz CT molecular complexity index is 973. The Morgan fingerprint density at radius 1 is 1.09 bits per heavy atom. The molecule has 2 aliphatic rings. The van der Waals surface area contributed by atoms with Gasteiger partial charge in [-0.3, -0.25) is 9.59 Å². The van der Waals surface area contributed by atoms with E-state index >= 15 is 0 Å². The summed E-state index contributed by atoms with van der Waals surface area (Å²) < 4.78 is 16.0. The molecular weight excluding hydrogens is 408 g/mol. The van der Waals surface area contributed by atoms with Crippen LogP contribution < -0.4 is 19.5 Å². The van der Waals surface area contributed by atoms with E-state index in [9.17, 15) is 9.59 Å². The van der Waals surface area contributed by atoms with E-state index in [2.05, 4.69) is 5.32 Å². The van der Waals surface area contributed by atoms with Crippen molar-refractivity contribution < 1.29 is 23.8 Å². The van der Waals surface area contributed by atoms with Crippen molar-refractivity contribution in [3.63, 3.8) is 0 Å². The molecule has 0 saturated carbocycles. The maximum atomic E-state index is 13.2. The molecular formula is C25H30N2O5. The highest BCUT2D eigenvalue weighted by molar-refractivity contribution is 5.83. The van der Waals surface area contributed by atoms with Crippen molar-refractivity contribution in [2.24, 2.45) is 11.8 Å². The molecule has 1 saturated heterocycles. The number of fused-ring (bicyclic) bond motifs is 1. The Morgan fingerprint density at radius 3 is 2.56 bits per heavy atom. The Balaban J connectivity index is 1.48. The molecule has 2 atom stereocenters. The predicted octanol–water partition coefficient (Wildman–Crippen LogP) is 3.33. The fourth-order valence-corrected chi connectivity index (χ4v) is 4.31. The van der Waals surface area contributed by atoms with Crippen molar-refractivity contribution >= 4 is 11.8 Å². The number of hydrogen-bond donors (Lipinski definition) is 1. The number of likely N-dealkylation sites (tertiary alicyclic amines) is 1. The lowest BCUT2D eigenvalue weighted by Gasteiger charge is -2.18. The van der Waals surface area contributed by atoms with Crippen LogP contribution in [0.1, 0.15) is 37.3 Å². The highest BCUT2D eigenvalue weighted by Gasteiger charge is 2.40. The van der Waals surface area contributed by atoms with Gasteiger partial charge < -0.3 is 24.4 Å². The van der Waals surface area contributed by atoms with Gasteiger partial charge in [-0.2, -0.15) is 0 Å². The molecule has 2 aliphatic heterocycles. The number of hydrogen-bond acceptors (Lipinski definition) is 5. The molecule has 7 heteroatoms. The van der Waals surface area contributed by atoms with Crippen molar-refractivity contribution in [2.75, 3.05) is 27.0 Å². The lowest BCUT2D eigenvalue weighted by atomic mass is 9.88. The fourth-order valence-electron chi connectivity index (χ4n) is 4.31. The number of nitrogens with one attached hydrogen (secondary N) is 1. The lowest BCUT2D eigenvalue weighted by molar-refractivity contribution is -0.131. The Hall–Kier alpha value is -3.22. The van der Waals surface area contributed by atoms with Gasteiger partial charge in [-0.25, -0.2) is 0 Å². The zero-order valence-corrected chi connectivity index (χ0v) is 18.8. The number of carbonyl (C=O) groups excluding carboxylic acids is 2. The Morgan fingerprint density at radius 2 is 1.84 bits per heavy atom. The SMILES string of the molecule is COc1ccc([C@@H]2CN(C(=O)CC(C)C)C[C@H]2C(=O)NCc2ccc3c(c2)OCO3)cc1. The van der Waals surface area contributed by atoms with Gasteiger partial charge in [0.05, 0.1) is 13.0 Å². The third kappa shape index (κ3) is 4.82. The molecule has 2 heterocycles. The Labute approximate surface area is 188 Å². The summed E-state index contributed by atoms with van der Waals surface area (Å²) in [5, 5.41) is 3.06. The first-order chi connectivity index (χ1) is 15.4. The van der Waals surface area contributed by atoms with E-state index in [0.29, 0.717) is 31.8 Å². The molecule has 0 unspecified atom stereocenters. The van der Waals surface area contributed by atoms with Gasteiger partial charge in [0.1, 0.15) is 5.75 Å². The molecule has 0 bridgehead atoms. The molecule has 2 aromatic carbocycles. The summed E-state index contributed by atoms with van der Waals surface area (Å²) in [5.74, 6) is 2.13. The van der Waals surface area contributed by atoms with E-state index in [-0.39, 0.29) is 36.4 Å². The lowest BCUT2D eigenvalue weighted by Crippen LogP contribution is -2.35. The molecule has 4 rings (SSSR count). The third-order valence-corrected chi connectivity index (χ3v) is 6.04. The molecule has 0 aliphatic carbocycles. The topological polar surface area (TPSA) is 77.1 Å². The molecule has 0 radical (unpaired) electrons. The first-order valence-corrected chi connectivity index (χ1v) is 11.0. The van der Waals surface area contributed by atoms with E-state index in [1.165, 1.54) is 0 Å². The monoisotopic (exact) mass is 438 g/mol. The van der Waals surface area contributed by atoms with Gasteiger partial charge >= 0.3 is 0 Å². The number of ether oxygens (including phenoxy) is 3. The van der Waals surface area contributed by atoms with Crippen LogP contribution in [0, 0.1) is 11.8 Å². The van der Waals surface area contributed by atoms with Gasteiger partial charge in [0, 0.05) is 32.0 Å². The van der Waals surface area contributed by atoms with Crippen molar-refractivity contribution in [3.8, 4) is 17.2 Å². The quantitative estimate of drug-likeness (QED) is 0.718. The van der Waals surface area contributed by atoms with Gasteiger partial charge in [-0.1, -0.05) is 32.0 Å². The second-order valence-electron chi connectivity index (χ2n) is 8.79. The predicted molar refractivity (Wildman–Crippen MR) is 120 cm³/mol. The second kappa shape index (κ2) is 9.51. The van der Waals surface area contributed by atoms with E-state index in [1.54, 1.807) is 7.11 Å². The standard InChI is InChI=1S/C25H30N2O5/c1-16(2)10-24(28)27-13-20(18-5-7-19(30-3)8-6-18)21(14-27)25(29)26-12-17-4-9-22-23(11-17)32-15-31-22/h4-9,11,16,20-21H,10,12-15H2,1-3H3,(H,26,29)/t20-,21+/m0/s1. The van der Waals surface area contributed by atoms with E-state index < -0.39 is 0 Å². The molecule has 1 N–H and O–H groups in total. The number of benzene rings is 2. The molecule has 170 valence electrons. The zero-order valence-electron chi connectivity index (χ0n) is 18.8. The minimum Gasteiger partial charge on any atom is -0.497 e. The summed E-state index contributed by atoms with van der Waals surface area (Å²) in [6.07, 6.45) is 0.487. The first-order valence-electron chi connectivity index (χ1n) is 11.0. The van der Waals surface area contributed by atoms with Crippen LogP contribution in [0.3, 0.4) is 0 Å². The number of carbonyl (C=O) groups is 2. The summed E-state index contributed by atoms with van der Waals surface area (Å²) in [7, 11) is 1.63. The third-order valence-electron chi connectivity index (χ3n) is 6.04. The van der Waals surface area contributed by atoms with Crippen molar-refractivity contribution in [1.29, 1.82) is 0 Å². The summed E-state index contributed by atoms with van der Waals surface area (Å²) in [5.41, 5.74) is 1.98. The molecule has 2 amide bonds. The molecule has 0 spiro atoms. The largest absolute Gasteiger partial charge is 0.497 e. The molecule has 0 aromatic heterocycles. The van der Waals surface area contributed by atoms with Crippen molar-refractivity contribution in [1.82, 2.24) is 10.2 Å². The minimum absolute atomic E-state index is 0.0525. The van der Waals surface area contributed by atoms with Gasteiger partial charge in [-0.05, 0) is 41.3 Å². The zero-order chi connectivity index (χ0) is 22.7. The van der Waals surface area contributed by atoms with Crippen molar-refractivity contribution in [2.45, 2.75) is 32.7 Å². The maximum absolute atomic E-state index is 13.2. The van der Waals surface area contributed by atoms with Crippen LogP contribution in [0.15, 0.2) is 42.5 Å². The van der Waals surface area contributed by atoms with Crippen LogP contribution in [-0.2, 0) is 16.1 Å². The molecule has 1 fully saturated rings. The summed E-state index contributed by atoms with van der Waals surface area (Å²) in [4.78, 5) is 27.8. The van der Waals surface area contributed by atoms with E-state index in [4.69, 9.17) is 14.2 Å². The van der Waals surface area contributed by atoms with E-state index in [0.717, 1.165) is 22.6 Å². The van der Waals surface area contributed by atoms with Gasteiger partial charge in [0.2, 0.25) is 18.6 Å². The average molecular weight is 439 g/mol. The highest BCUT2D eigenvalue weighted by Crippen LogP contribution is 2.35. The highest BCUT2D eigenvalue weighted by atomic mass is 16.7. The number of rotatable bonds is 7. The first kappa shape index (κ1) is 22.0. The molecule has 32 heavy (non-hydrogen) atoms. The van der Waals surface area contributed by atoms with Crippen LogP contribution in [0.5, 0.6) is 17.2 Å². The van der Waals surface area contributed by atoms with Gasteiger partial charge in [0.15, 0.2) is 11.5 Å². The van der Waals surface area contributed by atoms with Crippen LogP contribution in [0.25, 0.3) is 0 Å². The maximum Gasteiger partial charge on any atom is 0.231 e. The van der Waals surface area contributed by atoms with Crippen LogP contribution in [0.4, 0.5) is 0 Å². The average Bonchev–Trinajstić information content (AvgIpc) is 3.44. The minimum atomic E-state index is -0.312. The summed E-state index contributed by atoms with van der Waals surface area (Å²) >= 11 is 0. The van der Waals surface area contributed by atoms with Crippen LogP contribution >= 0.6 is 0 Å². The van der Waals surface area contributed by atoms with Gasteiger partial charge in [0.25, 0.3) is 0 Å².